The number of nitrogens with zero attached hydrogens (tertiary/aromatic N) is 3. The van der Waals surface area contributed by atoms with Gasteiger partial charge in [0.15, 0.2) is 6.10 Å². The molecule has 7 nitrogen and oxygen atoms in total. The molecule has 26 heavy (non-hydrogen) atoms. The van der Waals surface area contributed by atoms with Gasteiger partial charge in [-0.25, -0.2) is 9.97 Å². The van der Waals surface area contributed by atoms with Gasteiger partial charge < -0.3 is 19.7 Å². The fourth-order valence-electron chi connectivity index (χ4n) is 2.69. The molecule has 0 saturated carbocycles. The summed E-state index contributed by atoms with van der Waals surface area (Å²) in [6.07, 6.45) is -0.584. The number of para-hydroxylation sites is 1. The van der Waals surface area contributed by atoms with E-state index in [1.165, 1.54) is 0 Å². The minimum atomic E-state index is -0.584. The predicted molar refractivity (Wildman–Crippen MR) is 98.2 cm³/mol. The third kappa shape index (κ3) is 4.92. The van der Waals surface area contributed by atoms with E-state index in [4.69, 9.17) is 9.47 Å². The summed E-state index contributed by atoms with van der Waals surface area (Å²) in [5, 5.41) is 2.88. The highest BCUT2D eigenvalue weighted by Gasteiger charge is 2.17. The van der Waals surface area contributed by atoms with Crippen LogP contribution in [-0.2, 0) is 16.1 Å². The van der Waals surface area contributed by atoms with Crippen LogP contribution in [-0.4, -0.2) is 48.3 Å². The lowest BCUT2D eigenvalue weighted by atomic mass is 10.3. The molecule has 1 atom stereocenters. The van der Waals surface area contributed by atoms with Crippen LogP contribution in [0.3, 0.4) is 0 Å². The van der Waals surface area contributed by atoms with E-state index in [9.17, 15) is 4.79 Å². The van der Waals surface area contributed by atoms with Crippen molar-refractivity contribution in [2.24, 2.45) is 0 Å². The number of hydrogen-bond donors (Lipinski definition) is 1. The summed E-state index contributed by atoms with van der Waals surface area (Å²) < 4.78 is 11.0. The molecule has 0 aliphatic carbocycles. The maximum Gasteiger partial charge on any atom is 0.261 e. The molecule has 2 aromatic rings. The zero-order valence-corrected chi connectivity index (χ0v) is 15.1. The largest absolute Gasteiger partial charge is 0.481 e. The first-order valence-electron chi connectivity index (χ1n) is 8.78. The molecule has 0 spiro atoms. The molecule has 0 unspecified atom stereocenters. The molecule has 1 amide bonds. The molecule has 1 fully saturated rings. The van der Waals surface area contributed by atoms with Crippen LogP contribution in [0.1, 0.15) is 18.3 Å². The minimum Gasteiger partial charge on any atom is -0.481 e. The van der Waals surface area contributed by atoms with Gasteiger partial charge in [-0.05, 0) is 32.0 Å². The first kappa shape index (κ1) is 18.1. The SMILES string of the molecule is Cc1cc(CNC(=O)[C@@H](C)Oc2ccccc2)nc(N2CCOCC2)n1. The van der Waals surface area contributed by atoms with Crippen LogP contribution in [0.5, 0.6) is 5.75 Å². The summed E-state index contributed by atoms with van der Waals surface area (Å²) in [6, 6.07) is 11.2. The summed E-state index contributed by atoms with van der Waals surface area (Å²) in [7, 11) is 0. The van der Waals surface area contributed by atoms with E-state index in [1.54, 1.807) is 6.92 Å². The van der Waals surface area contributed by atoms with E-state index in [0.29, 0.717) is 31.5 Å². The summed E-state index contributed by atoms with van der Waals surface area (Å²) in [4.78, 5) is 23.5. The number of nitrogens with one attached hydrogen (secondary N) is 1. The Labute approximate surface area is 153 Å². The normalized spacial score (nSPS) is 15.4. The highest BCUT2D eigenvalue weighted by atomic mass is 16.5. The number of carbonyl (C=O) groups is 1. The third-order valence-corrected chi connectivity index (χ3v) is 4.06. The Morgan fingerprint density at radius 2 is 2.00 bits per heavy atom. The van der Waals surface area contributed by atoms with Gasteiger partial charge in [0.2, 0.25) is 5.95 Å². The molecular weight excluding hydrogens is 332 g/mol. The van der Waals surface area contributed by atoms with Crippen molar-refractivity contribution in [1.29, 1.82) is 0 Å². The Morgan fingerprint density at radius 1 is 1.27 bits per heavy atom. The Kier molecular flexibility index (Phi) is 6.01. The Balaban J connectivity index is 1.58. The molecule has 7 heteroatoms. The smallest absolute Gasteiger partial charge is 0.261 e. The fourth-order valence-corrected chi connectivity index (χ4v) is 2.69. The van der Waals surface area contributed by atoms with Crippen molar-refractivity contribution in [3.05, 3.63) is 47.8 Å². The first-order chi connectivity index (χ1) is 12.6. The van der Waals surface area contributed by atoms with Crippen LogP contribution < -0.4 is 15.0 Å². The number of rotatable bonds is 6. The Morgan fingerprint density at radius 3 is 2.73 bits per heavy atom. The van der Waals surface area contributed by atoms with E-state index in [0.717, 1.165) is 24.5 Å². The lowest BCUT2D eigenvalue weighted by molar-refractivity contribution is -0.127. The maximum atomic E-state index is 12.3. The number of ether oxygens (including phenoxy) is 2. The lowest BCUT2D eigenvalue weighted by Gasteiger charge is -2.27. The first-order valence-corrected chi connectivity index (χ1v) is 8.78. The van der Waals surface area contributed by atoms with Gasteiger partial charge in [-0.15, -0.1) is 0 Å². The molecule has 1 aromatic carbocycles. The van der Waals surface area contributed by atoms with Crippen LogP contribution in [0.4, 0.5) is 5.95 Å². The van der Waals surface area contributed by atoms with Gasteiger partial charge >= 0.3 is 0 Å². The average molecular weight is 356 g/mol. The molecule has 1 N–H and O–H groups in total. The van der Waals surface area contributed by atoms with Crippen LogP contribution in [0.25, 0.3) is 0 Å². The number of aromatic nitrogens is 2. The quantitative estimate of drug-likeness (QED) is 0.849. The maximum absolute atomic E-state index is 12.3. The van der Waals surface area contributed by atoms with Gasteiger partial charge in [0.1, 0.15) is 5.75 Å². The molecule has 138 valence electrons. The average Bonchev–Trinajstić information content (AvgIpc) is 2.67. The second-order valence-electron chi connectivity index (χ2n) is 6.19. The monoisotopic (exact) mass is 356 g/mol. The topological polar surface area (TPSA) is 76.6 Å². The molecule has 3 rings (SSSR count). The van der Waals surface area contributed by atoms with Crippen molar-refractivity contribution in [3.63, 3.8) is 0 Å². The van der Waals surface area contributed by atoms with Crippen molar-refractivity contribution in [2.45, 2.75) is 26.5 Å². The summed E-state index contributed by atoms with van der Waals surface area (Å²) in [5.74, 6) is 1.17. The van der Waals surface area contributed by atoms with Gasteiger partial charge in [-0.2, -0.15) is 0 Å². The van der Waals surface area contributed by atoms with Gasteiger partial charge in [-0.3, -0.25) is 4.79 Å². The zero-order valence-electron chi connectivity index (χ0n) is 15.1. The summed E-state index contributed by atoms with van der Waals surface area (Å²) in [6.45, 7) is 6.90. The van der Waals surface area contributed by atoms with E-state index in [1.807, 2.05) is 43.3 Å². The van der Waals surface area contributed by atoms with Gasteiger partial charge in [-0.1, -0.05) is 18.2 Å². The number of morpholine rings is 1. The van der Waals surface area contributed by atoms with Crippen molar-refractivity contribution in [1.82, 2.24) is 15.3 Å². The third-order valence-electron chi connectivity index (χ3n) is 4.06. The minimum absolute atomic E-state index is 0.182. The second kappa shape index (κ2) is 8.62. The predicted octanol–water partition coefficient (Wildman–Crippen LogP) is 1.71. The summed E-state index contributed by atoms with van der Waals surface area (Å²) in [5.41, 5.74) is 1.65. The summed E-state index contributed by atoms with van der Waals surface area (Å²) >= 11 is 0. The van der Waals surface area contributed by atoms with Crippen LogP contribution in [0.2, 0.25) is 0 Å². The standard InChI is InChI=1S/C19H24N4O3/c1-14-12-16(22-19(21-14)23-8-10-25-11-9-23)13-20-18(24)15(2)26-17-6-4-3-5-7-17/h3-7,12,15H,8-11,13H2,1-2H3,(H,20,24)/t15-/m1/s1. The van der Waals surface area contributed by atoms with Crippen molar-refractivity contribution in [3.8, 4) is 5.75 Å². The molecule has 0 bridgehead atoms. The van der Waals surface area contributed by atoms with Crippen molar-refractivity contribution in [2.75, 3.05) is 31.2 Å². The molecule has 0 radical (unpaired) electrons. The number of amides is 1. The van der Waals surface area contributed by atoms with Gasteiger partial charge in [0.05, 0.1) is 25.5 Å². The van der Waals surface area contributed by atoms with Crippen LogP contribution in [0.15, 0.2) is 36.4 Å². The number of anilines is 1. The van der Waals surface area contributed by atoms with Crippen LogP contribution >= 0.6 is 0 Å². The molecule has 1 aromatic heterocycles. The van der Waals surface area contributed by atoms with Gasteiger partial charge in [0, 0.05) is 18.8 Å². The Bertz CT molecular complexity index is 733. The van der Waals surface area contributed by atoms with E-state index < -0.39 is 6.10 Å². The fraction of sp³-hybridized carbons (Fsp3) is 0.421. The van der Waals surface area contributed by atoms with Crippen LogP contribution in [0, 0.1) is 6.92 Å². The zero-order chi connectivity index (χ0) is 18.4. The lowest BCUT2D eigenvalue weighted by Crippen LogP contribution is -2.38. The van der Waals surface area contributed by atoms with E-state index in [-0.39, 0.29) is 5.91 Å². The second-order valence-corrected chi connectivity index (χ2v) is 6.19. The highest BCUT2D eigenvalue weighted by molar-refractivity contribution is 5.80. The van der Waals surface area contributed by atoms with Crippen molar-refractivity contribution >= 4 is 11.9 Å². The molecule has 1 saturated heterocycles. The highest BCUT2D eigenvalue weighted by Crippen LogP contribution is 2.13. The van der Waals surface area contributed by atoms with Gasteiger partial charge in [0.25, 0.3) is 5.91 Å². The number of hydrogen-bond acceptors (Lipinski definition) is 6. The number of aryl methyl sites for hydroxylation is 1. The number of benzene rings is 1. The molecule has 1 aliphatic rings. The van der Waals surface area contributed by atoms with E-state index in [2.05, 4.69) is 20.2 Å². The molecule has 1 aliphatic heterocycles. The molecule has 2 heterocycles. The number of carbonyl (C=O) groups excluding carboxylic acids is 1. The van der Waals surface area contributed by atoms with Crippen molar-refractivity contribution < 1.29 is 14.3 Å². The van der Waals surface area contributed by atoms with E-state index >= 15 is 0 Å². The Hall–Kier alpha value is -2.67. The molecular formula is C19H24N4O3.